The molecule has 0 saturated heterocycles. The van der Waals surface area contributed by atoms with Crippen molar-refractivity contribution in [1.29, 1.82) is 0 Å². The first-order valence-corrected chi connectivity index (χ1v) is 10.4. The van der Waals surface area contributed by atoms with Gasteiger partial charge in [0.2, 0.25) is 0 Å². The fraction of sp³-hybridized carbons (Fsp3) is 0.500. The molecule has 0 spiro atoms. The zero-order valence-electron chi connectivity index (χ0n) is 18.1. The van der Waals surface area contributed by atoms with Crippen molar-refractivity contribution in [3.8, 4) is 0 Å². The highest BCUT2D eigenvalue weighted by Gasteiger charge is 2.26. The lowest BCUT2D eigenvalue weighted by Crippen LogP contribution is -2.27. The van der Waals surface area contributed by atoms with Gasteiger partial charge in [-0.05, 0) is 36.6 Å². The number of esters is 2. The van der Waals surface area contributed by atoms with Gasteiger partial charge in [0.05, 0.1) is 38.3 Å². The maximum atomic E-state index is 12.1. The van der Waals surface area contributed by atoms with Crippen LogP contribution in [0, 0.1) is 5.41 Å². The van der Waals surface area contributed by atoms with Crippen LogP contribution in [-0.2, 0) is 35.0 Å². The molecule has 6 heteroatoms. The summed E-state index contributed by atoms with van der Waals surface area (Å²) in [4.78, 5) is 23.9. The molecule has 0 fully saturated rings. The molecule has 0 bridgehead atoms. The highest BCUT2D eigenvalue weighted by Crippen LogP contribution is 2.21. The number of carbonyl (C=O) groups is 2. The lowest BCUT2D eigenvalue weighted by atomic mass is 9.91. The topological polar surface area (TPSA) is 71.1 Å². The van der Waals surface area contributed by atoms with E-state index in [1.807, 2.05) is 63.2 Å². The van der Waals surface area contributed by atoms with Gasteiger partial charge in [0.1, 0.15) is 13.2 Å². The van der Waals surface area contributed by atoms with E-state index in [2.05, 4.69) is 0 Å². The standard InChI is InChI=1S/C24H32O6/c1-4-24(2,3)23(26)30-17-15-28-13-12-27-14-16-29-22(25)18-20-10-7-9-19-8-5-6-11-21(19)20/h5-11H,4,12-18H2,1-3H3. The lowest BCUT2D eigenvalue weighted by molar-refractivity contribution is -0.156. The number of benzene rings is 2. The summed E-state index contributed by atoms with van der Waals surface area (Å²) in [7, 11) is 0. The third-order valence-corrected chi connectivity index (χ3v) is 4.97. The van der Waals surface area contributed by atoms with E-state index in [1.165, 1.54) is 0 Å². The van der Waals surface area contributed by atoms with Crippen molar-refractivity contribution in [2.75, 3.05) is 39.6 Å². The van der Waals surface area contributed by atoms with Crippen LogP contribution in [0.15, 0.2) is 42.5 Å². The Bertz CT molecular complexity index is 809. The van der Waals surface area contributed by atoms with Crippen molar-refractivity contribution in [1.82, 2.24) is 0 Å². The van der Waals surface area contributed by atoms with Gasteiger partial charge in [0.25, 0.3) is 0 Å². The number of hydrogen-bond donors (Lipinski definition) is 0. The van der Waals surface area contributed by atoms with Gasteiger partial charge in [-0.1, -0.05) is 49.4 Å². The van der Waals surface area contributed by atoms with Crippen molar-refractivity contribution in [3.63, 3.8) is 0 Å². The van der Waals surface area contributed by atoms with Crippen LogP contribution in [-0.4, -0.2) is 51.6 Å². The van der Waals surface area contributed by atoms with E-state index in [9.17, 15) is 9.59 Å². The average molecular weight is 417 g/mol. The summed E-state index contributed by atoms with van der Waals surface area (Å²) in [5.74, 6) is -0.488. The Balaban J connectivity index is 1.51. The minimum absolute atomic E-state index is 0.202. The van der Waals surface area contributed by atoms with Gasteiger partial charge >= 0.3 is 11.9 Å². The number of carbonyl (C=O) groups excluding carboxylic acids is 2. The third-order valence-electron chi connectivity index (χ3n) is 4.97. The lowest BCUT2D eigenvalue weighted by Gasteiger charge is -2.20. The monoisotopic (exact) mass is 416 g/mol. The second kappa shape index (κ2) is 12.3. The molecule has 0 unspecified atom stereocenters. The molecule has 0 amide bonds. The number of hydrogen-bond acceptors (Lipinski definition) is 6. The van der Waals surface area contributed by atoms with Crippen LogP contribution >= 0.6 is 0 Å². The Kier molecular flexibility index (Phi) is 9.77. The van der Waals surface area contributed by atoms with Crippen LogP contribution < -0.4 is 0 Å². The summed E-state index contributed by atoms with van der Waals surface area (Å²) in [5.41, 5.74) is 0.490. The van der Waals surface area contributed by atoms with Gasteiger partial charge in [-0.25, -0.2) is 0 Å². The molecule has 0 aliphatic carbocycles. The van der Waals surface area contributed by atoms with Crippen LogP contribution in [0.1, 0.15) is 32.8 Å². The van der Waals surface area contributed by atoms with Crippen molar-refractivity contribution >= 4 is 22.7 Å². The van der Waals surface area contributed by atoms with E-state index >= 15 is 0 Å². The SMILES string of the molecule is CCC(C)(C)C(=O)OCCOCCOCCOC(=O)Cc1cccc2ccccc12. The number of fused-ring (bicyclic) bond motifs is 1. The molecule has 0 heterocycles. The summed E-state index contributed by atoms with van der Waals surface area (Å²) in [6.07, 6.45) is 0.963. The van der Waals surface area contributed by atoms with Crippen LogP contribution in [0.2, 0.25) is 0 Å². The molecule has 2 aromatic rings. The van der Waals surface area contributed by atoms with Crippen molar-refractivity contribution < 1.29 is 28.5 Å². The molecule has 164 valence electrons. The first-order chi connectivity index (χ1) is 14.4. The highest BCUT2D eigenvalue weighted by molar-refractivity contribution is 5.88. The fourth-order valence-electron chi connectivity index (χ4n) is 2.72. The third kappa shape index (κ3) is 7.76. The Hall–Kier alpha value is -2.44. The largest absolute Gasteiger partial charge is 0.463 e. The van der Waals surface area contributed by atoms with Gasteiger partial charge in [0.15, 0.2) is 0 Å². The first-order valence-electron chi connectivity index (χ1n) is 10.4. The zero-order valence-corrected chi connectivity index (χ0v) is 18.1. The van der Waals surface area contributed by atoms with Crippen LogP contribution in [0.5, 0.6) is 0 Å². The predicted molar refractivity (Wildman–Crippen MR) is 115 cm³/mol. The summed E-state index contributed by atoms with van der Waals surface area (Å²) in [6.45, 7) is 7.52. The Morgan fingerprint density at radius 3 is 2.10 bits per heavy atom. The first kappa shape index (κ1) is 23.8. The molecule has 0 aromatic heterocycles. The minimum Gasteiger partial charge on any atom is -0.463 e. The maximum absolute atomic E-state index is 12.1. The van der Waals surface area contributed by atoms with E-state index in [-0.39, 0.29) is 31.6 Å². The summed E-state index contributed by atoms with van der Waals surface area (Å²) in [5, 5.41) is 2.17. The molecular weight excluding hydrogens is 384 g/mol. The van der Waals surface area contributed by atoms with Gasteiger partial charge in [-0.2, -0.15) is 0 Å². The molecule has 0 aliphatic rings. The number of rotatable bonds is 13. The average Bonchev–Trinajstić information content (AvgIpc) is 2.75. The van der Waals surface area contributed by atoms with E-state index in [1.54, 1.807) is 0 Å². The quantitative estimate of drug-likeness (QED) is 0.364. The van der Waals surface area contributed by atoms with Crippen LogP contribution in [0.3, 0.4) is 0 Å². The smallest absolute Gasteiger partial charge is 0.311 e. The van der Waals surface area contributed by atoms with Crippen LogP contribution in [0.25, 0.3) is 10.8 Å². The molecule has 6 nitrogen and oxygen atoms in total. The number of ether oxygens (including phenoxy) is 4. The summed E-state index contributed by atoms with van der Waals surface area (Å²) >= 11 is 0. The second-order valence-corrected chi connectivity index (χ2v) is 7.63. The molecule has 0 aliphatic heterocycles. The summed E-state index contributed by atoms with van der Waals surface area (Å²) in [6, 6.07) is 13.9. The molecule has 0 N–H and O–H groups in total. The van der Waals surface area contributed by atoms with E-state index in [4.69, 9.17) is 18.9 Å². The second-order valence-electron chi connectivity index (χ2n) is 7.63. The molecular formula is C24H32O6. The van der Waals surface area contributed by atoms with E-state index < -0.39 is 5.41 Å². The molecule has 2 rings (SSSR count). The minimum atomic E-state index is -0.464. The molecule has 2 aromatic carbocycles. The van der Waals surface area contributed by atoms with Gasteiger partial charge < -0.3 is 18.9 Å². The van der Waals surface area contributed by atoms with Crippen molar-refractivity contribution in [3.05, 3.63) is 48.0 Å². The molecule has 0 saturated carbocycles. The van der Waals surface area contributed by atoms with Crippen molar-refractivity contribution in [2.24, 2.45) is 5.41 Å². The van der Waals surface area contributed by atoms with E-state index in [0.29, 0.717) is 26.4 Å². The van der Waals surface area contributed by atoms with Gasteiger partial charge in [0, 0.05) is 0 Å². The van der Waals surface area contributed by atoms with E-state index in [0.717, 1.165) is 22.8 Å². The Labute approximate surface area is 178 Å². The van der Waals surface area contributed by atoms with Gasteiger partial charge in [-0.3, -0.25) is 9.59 Å². The molecule has 0 atom stereocenters. The molecule has 30 heavy (non-hydrogen) atoms. The normalized spacial score (nSPS) is 11.4. The maximum Gasteiger partial charge on any atom is 0.311 e. The predicted octanol–water partition coefficient (Wildman–Crippen LogP) is 3.94. The Morgan fingerprint density at radius 1 is 0.800 bits per heavy atom. The van der Waals surface area contributed by atoms with Gasteiger partial charge in [-0.15, -0.1) is 0 Å². The fourth-order valence-corrected chi connectivity index (χ4v) is 2.72. The van der Waals surface area contributed by atoms with Crippen molar-refractivity contribution in [2.45, 2.75) is 33.6 Å². The van der Waals surface area contributed by atoms with Crippen LogP contribution in [0.4, 0.5) is 0 Å². The molecule has 0 radical (unpaired) electrons. The zero-order chi connectivity index (χ0) is 21.8. The summed E-state index contributed by atoms with van der Waals surface area (Å²) < 4.78 is 21.2. The highest BCUT2D eigenvalue weighted by atomic mass is 16.6. The Morgan fingerprint density at radius 2 is 1.40 bits per heavy atom.